The molecule has 1 heterocycles. The lowest BCUT2D eigenvalue weighted by molar-refractivity contribution is -0.137. The average molecular weight is 538 g/mol. The molecule has 39 heavy (non-hydrogen) atoms. The number of carbonyl (C=O) groups excluding carboxylic acids is 1. The van der Waals surface area contributed by atoms with Gasteiger partial charge >= 0.3 is 5.97 Å². The Kier molecular flexibility index (Phi) is 10.7. The maximum Gasteiger partial charge on any atom is 0.303 e. The molecule has 2 aromatic rings. The third-order valence-electron chi connectivity index (χ3n) is 7.62. The van der Waals surface area contributed by atoms with Crippen molar-refractivity contribution in [2.75, 3.05) is 33.4 Å². The van der Waals surface area contributed by atoms with Gasteiger partial charge in [0.2, 0.25) is 0 Å². The van der Waals surface area contributed by atoms with Crippen LogP contribution in [-0.2, 0) is 20.9 Å². The molecule has 0 amide bonds. The summed E-state index contributed by atoms with van der Waals surface area (Å²) in [7, 11) is 1.59. The van der Waals surface area contributed by atoms with Gasteiger partial charge in [0, 0.05) is 49.0 Å². The smallest absolute Gasteiger partial charge is 0.303 e. The van der Waals surface area contributed by atoms with Crippen molar-refractivity contribution >= 4 is 11.8 Å². The zero-order chi connectivity index (χ0) is 27.6. The van der Waals surface area contributed by atoms with Crippen molar-refractivity contribution in [1.82, 2.24) is 4.90 Å². The van der Waals surface area contributed by atoms with Gasteiger partial charge < -0.3 is 24.4 Å². The number of ketones is 1. The second-order valence-corrected chi connectivity index (χ2v) is 10.2. The molecule has 0 spiro atoms. The minimum absolute atomic E-state index is 0.00735. The van der Waals surface area contributed by atoms with Crippen molar-refractivity contribution in [2.24, 2.45) is 5.92 Å². The number of aliphatic carboxylic acids is 1. The summed E-state index contributed by atoms with van der Waals surface area (Å²) in [5, 5.41) is 19.9. The van der Waals surface area contributed by atoms with E-state index in [0.717, 1.165) is 31.5 Å². The first-order valence-corrected chi connectivity index (χ1v) is 13.7. The van der Waals surface area contributed by atoms with Crippen molar-refractivity contribution < 1.29 is 34.0 Å². The molecule has 8 nitrogen and oxygen atoms in total. The Morgan fingerprint density at radius 2 is 1.69 bits per heavy atom. The van der Waals surface area contributed by atoms with Gasteiger partial charge in [0.05, 0.1) is 39.1 Å². The van der Waals surface area contributed by atoms with Crippen LogP contribution in [0.2, 0.25) is 0 Å². The number of rotatable bonds is 13. The fourth-order valence-corrected chi connectivity index (χ4v) is 5.54. The largest absolute Gasteiger partial charge is 0.497 e. The number of morpholine rings is 1. The molecule has 0 radical (unpaired) electrons. The molecule has 4 atom stereocenters. The lowest BCUT2D eigenvalue weighted by atomic mass is 9.94. The molecule has 4 rings (SSSR count). The Bertz CT molecular complexity index is 1090. The zero-order valence-electron chi connectivity index (χ0n) is 22.5. The van der Waals surface area contributed by atoms with Gasteiger partial charge in [-0.3, -0.25) is 14.5 Å². The van der Waals surface area contributed by atoms with Gasteiger partial charge in [0.15, 0.2) is 5.78 Å². The van der Waals surface area contributed by atoms with E-state index in [1.807, 2.05) is 30.3 Å². The maximum absolute atomic E-state index is 12.8. The molecule has 1 saturated heterocycles. The molecule has 2 fully saturated rings. The van der Waals surface area contributed by atoms with Crippen LogP contribution in [0, 0.1) is 5.92 Å². The van der Waals surface area contributed by atoms with E-state index < -0.39 is 12.1 Å². The summed E-state index contributed by atoms with van der Waals surface area (Å²) in [5.74, 6) is -0.00227. The molecule has 1 saturated carbocycles. The van der Waals surface area contributed by atoms with Gasteiger partial charge in [-0.1, -0.05) is 36.4 Å². The summed E-state index contributed by atoms with van der Waals surface area (Å²) in [6.45, 7) is 3.29. The van der Waals surface area contributed by atoms with Crippen LogP contribution < -0.4 is 4.74 Å². The summed E-state index contributed by atoms with van der Waals surface area (Å²) in [6.07, 6.45) is 6.37. The molecular formula is C31H39NO7. The minimum Gasteiger partial charge on any atom is -0.497 e. The van der Waals surface area contributed by atoms with E-state index >= 15 is 0 Å². The first-order chi connectivity index (χ1) is 19.0. The Hall–Kier alpha value is -3.04. The molecule has 0 bridgehead atoms. The highest BCUT2D eigenvalue weighted by Crippen LogP contribution is 2.36. The zero-order valence-corrected chi connectivity index (χ0v) is 22.5. The minimum atomic E-state index is -0.777. The SMILES string of the molecule is COc1ccc(C(=O)c2ccc(CO[C@H]3C[C@@H](O)[C@H](N4CCOCC4)[C@H]3C/C=C\CCCC(=O)O)cc2)cc1. The van der Waals surface area contributed by atoms with E-state index in [0.29, 0.717) is 49.5 Å². The Labute approximate surface area is 230 Å². The molecule has 2 N–H and O–H groups in total. The number of carboxylic acid groups (broad SMARTS) is 1. The molecule has 2 aliphatic rings. The number of carboxylic acids is 1. The van der Waals surface area contributed by atoms with Crippen LogP contribution in [0.15, 0.2) is 60.7 Å². The summed E-state index contributed by atoms with van der Waals surface area (Å²) < 4.78 is 17.1. The van der Waals surface area contributed by atoms with Gasteiger partial charge in [-0.15, -0.1) is 0 Å². The Morgan fingerprint density at radius 3 is 2.33 bits per heavy atom. The van der Waals surface area contributed by atoms with Crippen LogP contribution in [0.4, 0.5) is 0 Å². The monoisotopic (exact) mass is 537 g/mol. The number of aliphatic hydroxyl groups excluding tert-OH is 1. The number of benzene rings is 2. The maximum atomic E-state index is 12.8. The summed E-state index contributed by atoms with van der Waals surface area (Å²) >= 11 is 0. The third-order valence-corrected chi connectivity index (χ3v) is 7.62. The average Bonchev–Trinajstić information content (AvgIpc) is 3.28. The summed E-state index contributed by atoms with van der Waals surface area (Å²) in [5.41, 5.74) is 2.18. The predicted molar refractivity (Wildman–Crippen MR) is 147 cm³/mol. The topological polar surface area (TPSA) is 106 Å². The van der Waals surface area contributed by atoms with Crippen LogP contribution in [-0.4, -0.2) is 78.5 Å². The summed E-state index contributed by atoms with van der Waals surface area (Å²) in [4.78, 5) is 25.9. The molecule has 1 aliphatic heterocycles. The molecule has 0 unspecified atom stereocenters. The lowest BCUT2D eigenvalue weighted by Gasteiger charge is -2.37. The number of methoxy groups -OCH3 is 1. The number of allylic oxidation sites excluding steroid dienone is 2. The lowest BCUT2D eigenvalue weighted by Crippen LogP contribution is -2.50. The van der Waals surface area contributed by atoms with Crippen molar-refractivity contribution in [1.29, 1.82) is 0 Å². The van der Waals surface area contributed by atoms with Crippen LogP contribution in [0.5, 0.6) is 5.75 Å². The highest BCUT2D eigenvalue weighted by Gasteiger charge is 2.45. The van der Waals surface area contributed by atoms with E-state index in [1.54, 1.807) is 31.4 Å². The predicted octanol–water partition coefficient (Wildman–Crippen LogP) is 4.09. The number of carbonyl (C=O) groups is 2. The molecule has 210 valence electrons. The standard InChI is InChI=1S/C31H39NO7/c1-37-25-14-12-24(13-15-25)31(36)23-10-8-22(9-11-23)21-39-28-20-27(33)30(32-16-18-38-19-17-32)26(28)6-4-2-3-5-7-29(34)35/h2,4,8-15,26-28,30,33H,3,5-7,16-21H2,1H3,(H,34,35)/b4-2-/t26-,27+,28-,30+/m0/s1. The van der Waals surface area contributed by atoms with Gasteiger partial charge in [-0.25, -0.2) is 0 Å². The highest BCUT2D eigenvalue weighted by atomic mass is 16.5. The van der Waals surface area contributed by atoms with Crippen LogP contribution in [0.1, 0.15) is 53.6 Å². The summed E-state index contributed by atoms with van der Waals surface area (Å²) in [6, 6.07) is 14.5. The molecule has 0 aromatic heterocycles. The quantitative estimate of drug-likeness (QED) is 0.224. The highest BCUT2D eigenvalue weighted by molar-refractivity contribution is 6.09. The van der Waals surface area contributed by atoms with Crippen molar-refractivity contribution in [2.45, 2.75) is 57.0 Å². The van der Waals surface area contributed by atoms with Gasteiger partial charge in [0.25, 0.3) is 0 Å². The first-order valence-electron chi connectivity index (χ1n) is 13.7. The van der Waals surface area contributed by atoms with Crippen LogP contribution in [0.3, 0.4) is 0 Å². The molecule has 1 aliphatic carbocycles. The van der Waals surface area contributed by atoms with Gasteiger partial charge in [0.1, 0.15) is 5.75 Å². The number of unbranched alkanes of at least 4 members (excludes halogenated alkanes) is 1. The number of hydrogen-bond acceptors (Lipinski definition) is 7. The normalized spacial score (nSPS) is 23.7. The van der Waals surface area contributed by atoms with E-state index in [1.165, 1.54) is 0 Å². The van der Waals surface area contributed by atoms with E-state index in [9.17, 15) is 14.7 Å². The second-order valence-electron chi connectivity index (χ2n) is 10.2. The van der Waals surface area contributed by atoms with Crippen molar-refractivity contribution in [3.63, 3.8) is 0 Å². The Morgan fingerprint density at radius 1 is 1.03 bits per heavy atom. The fraction of sp³-hybridized carbons (Fsp3) is 0.484. The van der Waals surface area contributed by atoms with E-state index in [4.69, 9.17) is 19.3 Å². The number of ether oxygens (including phenoxy) is 3. The number of nitrogens with zero attached hydrogens (tertiary/aromatic N) is 1. The first kappa shape index (κ1) is 29.0. The fourth-order valence-electron chi connectivity index (χ4n) is 5.54. The van der Waals surface area contributed by atoms with Gasteiger partial charge in [-0.05, 0) is 49.1 Å². The van der Waals surface area contributed by atoms with Crippen molar-refractivity contribution in [3.8, 4) is 5.75 Å². The van der Waals surface area contributed by atoms with Crippen LogP contribution in [0.25, 0.3) is 0 Å². The third kappa shape index (κ3) is 7.99. The molecule has 8 heteroatoms. The Balaban J connectivity index is 1.37. The van der Waals surface area contributed by atoms with Gasteiger partial charge in [-0.2, -0.15) is 0 Å². The molecular weight excluding hydrogens is 498 g/mol. The van der Waals surface area contributed by atoms with E-state index in [-0.39, 0.29) is 30.3 Å². The molecule has 2 aromatic carbocycles. The van der Waals surface area contributed by atoms with Crippen LogP contribution >= 0.6 is 0 Å². The second kappa shape index (κ2) is 14.4. The number of aliphatic hydroxyl groups is 1. The van der Waals surface area contributed by atoms with Crippen molar-refractivity contribution in [3.05, 3.63) is 77.4 Å². The number of hydrogen-bond donors (Lipinski definition) is 2. The van der Waals surface area contributed by atoms with E-state index in [2.05, 4.69) is 11.0 Å².